The summed E-state index contributed by atoms with van der Waals surface area (Å²) < 4.78 is 10.7. The normalized spacial score (nSPS) is 10.4. The van der Waals surface area contributed by atoms with Crippen molar-refractivity contribution in [2.45, 2.75) is 6.92 Å². The van der Waals surface area contributed by atoms with Crippen LogP contribution in [0.25, 0.3) is 11.1 Å². The monoisotopic (exact) mass is 449 g/mol. The molecule has 0 aliphatic rings. The average Bonchev–Trinajstić information content (AvgIpc) is 2.89. The number of ether oxygens (including phenoxy) is 2. The third kappa shape index (κ3) is 5.73. The Morgan fingerprint density at radius 3 is 1.65 bits per heavy atom. The Bertz CT molecular complexity index is 1180. The molecule has 0 saturated heterocycles. The van der Waals surface area contributed by atoms with Gasteiger partial charge in [-0.3, -0.25) is 0 Å². The molecule has 0 saturated carbocycles. The second kappa shape index (κ2) is 11.0. The summed E-state index contributed by atoms with van der Waals surface area (Å²) in [4.78, 5) is 13.6. The molecule has 0 aliphatic carbocycles. The number of anilines is 3. The third-order valence-electron chi connectivity index (χ3n) is 5.28. The Morgan fingerprint density at radius 1 is 0.676 bits per heavy atom. The van der Waals surface area contributed by atoms with Crippen LogP contribution in [-0.4, -0.2) is 19.2 Å². The van der Waals surface area contributed by atoms with Crippen molar-refractivity contribution in [1.29, 1.82) is 0 Å². The molecule has 0 spiro atoms. The summed E-state index contributed by atoms with van der Waals surface area (Å²) in [5, 5.41) is 0. The molecule has 4 aromatic carbocycles. The smallest absolute Gasteiger partial charge is 0.333 e. The summed E-state index contributed by atoms with van der Waals surface area (Å²) in [6.45, 7) is 5.66. The SMILES string of the molecule is C=C(C)C(=O)OCCOc1ccc(-c2ccc(N(c3ccccc3)c3ccccc3)cc2)cc1. The van der Waals surface area contributed by atoms with Gasteiger partial charge in [0.1, 0.15) is 19.0 Å². The third-order valence-corrected chi connectivity index (χ3v) is 5.28. The Balaban J connectivity index is 1.45. The lowest BCUT2D eigenvalue weighted by Crippen LogP contribution is -2.12. The van der Waals surface area contributed by atoms with Crippen molar-refractivity contribution in [3.8, 4) is 16.9 Å². The molecule has 0 bridgehead atoms. The summed E-state index contributed by atoms with van der Waals surface area (Å²) in [6, 6.07) is 37.1. The van der Waals surface area contributed by atoms with E-state index in [1.54, 1.807) is 6.92 Å². The molecule has 4 rings (SSSR count). The predicted octanol–water partition coefficient (Wildman–Crippen LogP) is 7.32. The van der Waals surface area contributed by atoms with Crippen LogP contribution < -0.4 is 9.64 Å². The van der Waals surface area contributed by atoms with Crippen LogP contribution in [-0.2, 0) is 9.53 Å². The fourth-order valence-corrected chi connectivity index (χ4v) is 3.56. The van der Waals surface area contributed by atoms with Crippen molar-refractivity contribution in [3.63, 3.8) is 0 Å². The molecular weight excluding hydrogens is 422 g/mol. The molecule has 0 fully saturated rings. The van der Waals surface area contributed by atoms with E-state index in [1.807, 2.05) is 60.7 Å². The minimum absolute atomic E-state index is 0.189. The van der Waals surface area contributed by atoms with Crippen LogP contribution in [0.4, 0.5) is 17.1 Å². The first-order chi connectivity index (χ1) is 16.6. The molecule has 0 amide bonds. The van der Waals surface area contributed by atoms with Crippen molar-refractivity contribution in [2.24, 2.45) is 0 Å². The lowest BCUT2D eigenvalue weighted by Gasteiger charge is -2.25. The van der Waals surface area contributed by atoms with Crippen LogP contribution in [0.1, 0.15) is 6.92 Å². The molecule has 0 radical (unpaired) electrons. The second-order valence-electron chi connectivity index (χ2n) is 7.84. The largest absolute Gasteiger partial charge is 0.490 e. The fourth-order valence-electron chi connectivity index (χ4n) is 3.56. The number of para-hydroxylation sites is 2. The maximum Gasteiger partial charge on any atom is 0.333 e. The lowest BCUT2D eigenvalue weighted by atomic mass is 10.0. The molecule has 170 valence electrons. The molecule has 0 heterocycles. The Kier molecular flexibility index (Phi) is 7.41. The standard InChI is InChI=1S/C30H27NO3/c1-23(2)30(32)34-22-21-33-29-19-15-25(16-20-29)24-13-17-28(18-14-24)31(26-9-5-3-6-10-26)27-11-7-4-8-12-27/h3-20H,1,21-22H2,2H3. The summed E-state index contributed by atoms with van der Waals surface area (Å²) in [6.07, 6.45) is 0. The van der Waals surface area contributed by atoms with Gasteiger partial charge in [0.2, 0.25) is 0 Å². The lowest BCUT2D eigenvalue weighted by molar-refractivity contribution is -0.139. The van der Waals surface area contributed by atoms with Crippen LogP contribution in [0.3, 0.4) is 0 Å². The van der Waals surface area contributed by atoms with E-state index in [4.69, 9.17) is 9.47 Å². The second-order valence-corrected chi connectivity index (χ2v) is 7.84. The van der Waals surface area contributed by atoms with Gasteiger partial charge in [0.05, 0.1) is 0 Å². The molecule has 4 heteroatoms. The first kappa shape index (κ1) is 22.9. The van der Waals surface area contributed by atoms with Gasteiger partial charge in [-0.05, 0) is 66.6 Å². The predicted molar refractivity (Wildman–Crippen MR) is 138 cm³/mol. The first-order valence-corrected chi connectivity index (χ1v) is 11.2. The minimum atomic E-state index is -0.402. The number of hydrogen-bond donors (Lipinski definition) is 0. The maximum atomic E-state index is 11.4. The van der Waals surface area contributed by atoms with E-state index >= 15 is 0 Å². The zero-order valence-corrected chi connectivity index (χ0v) is 19.2. The van der Waals surface area contributed by atoms with E-state index in [9.17, 15) is 4.79 Å². The van der Waals surface area contributed by atoms with Gasteiger partial charge in [-0.2, -0.15) is 0 Å². The van der Waals surface area contributed by atoms with Crippen LogP contribution in [0.15, 0.2) is 121 Å². The minimum Gasteiger partial charge on any atom is -0.490 e. The maximum absolute atomic E-state index is 11.4. The first-order valence-electron chi connectivity index (χ1n) is 11.2. The summed E-state index contributed by atoms with van der Waals surface area (Å²) in [7, 11) is 0. The molecule has 0 atom stereocenters. The van der Waals surface area contributed by atoms with Crippen molar-refractivity contribution in [3.05, 3.63) is 121 Å². The number of benzene rings is 4. The molecule has 4 aromatic rings. The number of carbonyl (C=O) groups is 1. The molecule has 34 heavy (non-hydrogen) atoms. The van der Waals surface area contributed by atoms with Crippen LogP contribution in [0.2, 0.25) is 0 Å². The van der Waals surface area contributed by atoms with Crippen LogP contribution in [0, 0.1) is 0 Å². The van der Waals surface area contributed by atoms with Gasteiger partial charge >= 0.3 is 5.97 Å². The molecule has 0 aromatic heterocycles. The zero-order chi connectivity index (χ0) is 23.8. The van der Waals surface area contributed by atoms with E-state index in [0.29, 0.717) is 12.2 Å². The van der Waals surface area contributed by atoms with E-state index in [1.165, 1.54) is 0 Å². The number of nitrogens with zero attached hydrogens (tertiary/aromatic N) is 1. The van der Waals surface area contributed by atoms with Gasteiger partial charge in [-0.1, -0.05) is 67.2 Å². The number of carbonyl (C=O) groups excluding carboxylic acids is 1. The van der Waals surface area contributed by atoms with Gasteiger partial charge in [0, 0.05) is 22.6 Å². The van der Waals surface area contributed by atoms with Gasteiger partial charge < -0.3 is 14.4 Å². The van der Waals surface area contributed by atoms with E-state index in [0.717, 1.165) is 33.9 Å². The van der Waals surface area contributed by atoms with Crippen LogP contribution >= 0.6 is 0 Å². The van der Waals surface area contributed by atoms with E-state index in [-0.39, 0.29) is 6.61 Å². The Morgan fingerprint density at radius 2 is 1.15 bits per heavy atom. The molecule has 4 nitrogen and oxygen atoms in total. The topological polar surface area (TPSA) is 38.8 Å². The van der Waals surface area contributed by atoms with Gasteiger partial charge in [0.25, 0.3) is 0 Å². The van der Waals surface area contributed by atoms with Crippen molar-refractivity contribution in [2.75, 3.05) is 18.1 Å². The number of esters is 1. The molecule has 0 aliphatic heterocycles. The molecule has 0 N–H and O–H groups in total. The Hall–Kier alpha value is -4.31. The average molecular weight is 450 g/mol. The molecule has 0 unspecified atom stereocenters. The quantitative estimate of drug-likeness (QED) is 0.152. The van der Waals surface area contributed by atoms with Crippen molar-refractivity contribution >= 4 is 23.0 Å². The summed E-state index contributed by atoms with van der Waals surface area (Å²) in [5.74, 6) is 0.326. The number of hydrogen-bond acceptors (Lipinski definition) is 4. The fraction of sp³-hybridized carbons (Fsp3) is 0.100. The van der Waals surface area contributed by atoms with Crippen molar-refractivity contribution < 1.29 is 14.3 Å². The van der Waals surface area contributed by atoms with Gasteiger partial charge in [-0.25, -0.2) is 4.79 Å². The Labute approximate surface area is 200 Å². The van der Waals surface area contributed by atoms with E-state index in [2.05, 4.69) is 60.0 Å². The summed E-state index contributed by atoms with van der Waals surface area (Å²) in [5.41, 5.74) is 5.90. The highest BCUT2D eigenvalue weighted by atomic mass is 16.6. The number of rotatable bonds is 9. The highest BCUT2D eigenvalue weighted by Crippen LogP contribution is 2.35. The van der Waals surface area contributed by atoms with Gasteiger partial charge in [0.15, 0.2) is 0 Å². The van der Waals surface area contributed by atoms with Gasteiger partial charge in [-0.15, -0.1) is 0 Å². The summed E-state index contributed by atoms with van der Waals surface area (Å²) >= 11 is 0. The van der Waals surface area contributed by atoms with Crippen LogP contribution in [0.5, 0.6) is 5.75 Å². The molecular formula is C30H27NO3. The van der Waals surface area contributed by atoms with E-state index < -0.39 is 5.97 Å². The highest BCUT2D eigenvalue weighted by Gasteiger charge is 2.12. The zero-order valence-electron chi connectivity index (χ0n) is 19.2. The van der Waals surface area contributed by atoms with Crippen molar-refractivity contribution in [1.82, 2.24) is 0 Å². The highest BCUT2D eigenvalue weighted by molar-refractivity contribution is 5.86.